The molecule has 1 fully saturated rings. The molecule has 130 valence electrons. The molecule has 0 saturated heterocycles. The highest BCUT2D eigenvalue weighted by Gasteiger charge is 2.15. The monoisotopic (exact) mass is 431 g/mol. The number of guanidine groups is 1. The predicted molar refractivity (Wildman–Crippen MR) is 108 cm³/mol. The van der Waals surface area contributed by atoms with Crippen molar-refractivity contribution in [2.75, 3.05) is 20.2 Å². The average Bonchev–Trinajstić information content (AvgIpc) is 3.07. The zero-order valence-electron chi connectivity index (χ0n) is 14.1. The Hall–Kier alpha value is -0.820. The molecule has 1 aliphatic carbocycles. The van der Waals surface area contributed by atoms with Crippen LogP contribution in [0.2, 0.25) is 0 Å². The molecular formula is C18H30IN3O. The molecular weight excluding hydrogens is 401 g/mol. The van der Waals surface area contributed by atoms with Gasteiger partial charge in [-0.15, -0.1) is 24.0 Å². The van der Waals surface area contributed by atoms with Gasteiger partial charge in [0.15, 0.2) is 5.96 Å². The summed E-state index contributed by atoms with van der Waals surface area (Å²) in [7, 11) is 1.84. The molecule has 1 saturated carbocycles. The quantitative estimate of drug-likeness (QED) is 0.286. The second kappa shape index (κ2) is 12.6. The number of halogens is 1. The molecule has 0 bridgehead atoms. The number of nitrogens with zero attached hydrogens (tertiary/aromatic N) is 1. The van der Waals surface area contributed by atoms with Gasteiger partial charge in [-0.25, -0.2) is 0 Å². The van der Waals surface area contributed by atoms with Crippen LogP contribution in [0.3, 0.4) is 0 Å². The van der Waals surface area contributed by atoms with Gasteiger partial charge in [0.25, 0.3) is 0 Å². The Morgan fingerprint density at radius 3 is 2.61 bits per heavy atom. The summed E-state index contributed by atoms with van der Waals surface area (Å²) in [5.74, 6) is 0.942. The van der Waals surface area contributed by atoms with Crippen molar-refractivity contribution in [1.29, 1.82) is 0 Å². The molecule has 1 aliphatic rings. The molecule has 0 radical (unpaired) electrons. The first-order valence-electron chi connectivity index (χ1n) is 8.47. The second-order valence-corrected chi connectivity index (χ2v) is 5.87. The van der Waals surface area contributed by atoms with Crippen LogP contribution in [0.5, 0.6) is 0 Å². The van der Waals surface area contributed by atoms with E-state index < -0.39 is 0 Å². The van der Waals surface area contributed by atoms with Crippen LogP contribution in [0.4, 0.5) is 0 Å². The zero-order valence-corrected chi connectivity index (χ0v) is 16.4. The number of hydrogen-bond acceptors (Lipinski definition) is 2. The van der Waals surface area contributed by atoms with Crippen LogP contribution in [-0.2, 0) is 11.3 Å². The van der Waals surface area contributed by atoms with Gasteiger partial charge in [-0.3, -0.25) is 4.99 Å². The third kappa shape index (κ3) is 8.55. The summed E-state index contributed by atoms with van der Waals surface area (Å²) in [5.41, 5.74) is 1.24. The second-order valence-electron chi connectivity index (χ2n) is 5.87. The number of benzene rings is 1. The van der Waals surface area contributed by atoms with Gasteiger partial charge >= 0.3 is 0 Å². The summed E-state index contributed by atoms with van der Waals surface area (Å²) in [6, 6.07) is 10.9. The molecule has 23 heavy (non-hydrogen) atoms. The van der Waals surface area contributed by atoms with Crippen molar-refractivity contribution in [3.8, 4) is 0 Å². The number of hydrogen-bond donors (Lipinski definition) is 2. The Labute approximate surface area is 157 Å². The lowest BCUT2D eigenvalue weighted by Crippen LogP contribution is -2.42. The molecule has 0 aliphatic heterocycles. The van der Waals surface area contributed by atoms with Crippen molar-refractivity contribution in [2.24, 2.45) is 4.99 Å². The molecule has 1 aromatic carbocycles. The van der Waals surface area contributed by atoms with Gasteiger partial charge in [0.2, 0.25) is 0 Å². The largest absolute Gasteiger partial charge is 0.377 e. The van der Waals surface area contributed by atoms with E-state index in [9.17, 15) is 0 Å². The molecule has 5 heteroatoms. The van der Waals surface area contributed by atoms with E-state index in [0.29, 0.717) is 12.6 Å². The number of aliphatic imine (C=N–C) groups is 1. The van der Waals surface area contributed by atoms with Gasteiger partial charge in [-0.05, 0) is 31.2 Å². The summed E-state index contributed by atoms with van der Waals surface area (Å²) in [6.07, 6.45) is 7.39. The van der Waals surface area contributed by atoms with Gasteiger partial charge in [0.1, 0.15) is 0 Å². The lowest BCUT2D eigenvalue weighted by atomic mass is 10.2. The van der Waals surface area contributed by atoms with Crippen molar-refractivity contribution in [3.63, 3.8) is 0 Å². The first-order chi connectivity index (χ1) is 10.9. The van der Waals surface area contributed by atoms with Gasteiger partial charge < -0.3 is 15.4 Å². The molecule has 2 rings (SSSR count). The van der Waals surface area contributed by atoms with Crippen LogP contribution >= 0.6 is 24.0 Å². The Morgan fingerprint density at radius 1 is 1.17 bits per heavy atom. The van der Waals surface area contributed by atoms with E-state index in [-0.39, 0.29) is 24.0 Å². The highest BCUT2D eigenvalue weighted by molar-refractivity contribution is 14.0. The maximum atomic E-state index is 5.69. The molecule has 2 N–H and O–H groups in total. The zero-order chi connectivity index (χ0) is 15.5. The van der Waals surface area contributed by atoms with Crippen molar-refractivity contribution >= 4 is 29.9 Å². The molecule has 0 heterocycles. The normalized spacial score (nSPS) is 15.3. The minimum absolute atomic E-state index is 0. The van der Waals surface area contributed by atoms with Crippen LogP contribution in [0, 0.1) is 0 Å². The minimum Gasteiger partial charge on any atom is -0.377 e. The summed E-state index contributed by atoms with van der Waals surface area (Å²) in [4.78, 5) is 4.29. The van der Waals surface area contributed by atoms with Gasteiger partial charge in [0, 0.05) is 26.2 Å². The van der Waals surface area contributed by atoms with E-state index in [2.05, 4.69) is 27.8 Å². The molecule has 0 aromatic heterocycles. The van der Waals surface area contributed by atoms with Crippen molar-refractivity contribution in [2.45, 2.75) is 51.2 Å². The average molecular weight is 431 g/mol. The van der Waals surface area contributed by atoms with Gasteiger partial charge in [-0.2, -0.15) is 0 Å². The highest BCUT2D eigenvalue weighted by Crippen LogP contribution is 2.17. The Morgan fingerprint density at radius 2 is 1.91 bits per heavy atom. The lowest BCUT2D eigenvalue weighted by Gasteiger charge is -2.16. The van der Waals surface area contributed by atoms with Crippen LogP contribution in [0.1, 0.15) is 44.1 Å². The van der Waals surface area contributed by atoms with Crippen LogP contribution in [-0.4, -0.2) is 32.2 Å². The van der Waals surface area contributed by atoms with E-state index in [1.165, 1.54) is 31.2 Å². The highest BCUT2D eigenvalue weighted by atomic mass is 127. The molecule has 1 aromatic rings. The summed E-state index contributed by atoms with van der Waals surface area (Å²) < 4.78 is 5.69. The summed E-state index contributed by atoms with van der Waals surface area (Å²) >= 11 is 0. The van der Waals surface area contributed by atoms with Crippen LogP contribution in [0.25, 0.3) is 0 Å². The SMILES string of the molecule is CN=C(NCCCCOCc1ccccc1)NC1CCCC1.I. The lowest BCUT2D eigenvalue weighted by molar-refractivity contribution is 0.117. The van der Waals surface area contributed by atoms with Crippen molar-refractivity contribution in [3.05, 3.63) is 35.9 Å². The topological polar surface area (TPSA) is 45.7 Å². The number of unbranched alkanes of at least 4 members (excludes halogenated alkanes) is 1. The van der Waals surface area contributed by atoms with E-state index in [1.807, 2.05) is 25.2 Å². The fraction of sp³-hybridized carbons (Fsp3) is 0.611. The van der Waals surface area contributed by atoms with Gasteiger partial charge in [0.05, 0.1) is 6.61 Å². The third-order valence-corrected chi connectivity index (χ3v) is 4.04. The van der Waals surface area contributed by atoms with E-state index in [1.54, 1.807) is 0 Å². The first-order valence-corrected chi connectivity index (χ1v) is 8.47. The van der Waals surface area contributed by atoms with Crippen molar-refractivity contribution in [1.82, 2.24) is 10.6 Å². The number of ether oxygens (including phenoxy) is 1. The molecule has 0 spiro atoms. The van der Waals surface area contributed by atoms with Gasteiger partial charge in [-0.1, -0.05) is 43.2 Å². The summed E-state index contributed by atoms with van der Waals surface area (Å²) in [6.45, 7) is 2.46. The number of nitrogens with one attached hydrogen (secondary N) is 2. The Bertz CT molecular complexity index is 433. The van der Waals surface area contributed by atoms with E-state index in [0.717, 1.165) is 32.0 Å². The van der Waals surface area contributed by atoms with Crippen molar-refractivity contribution < 1.29 is 4.74 Å². The fourth-order valence-electron chi connectivity index (χ4n) is 2.76. The standard InChI is InChI=1S/C18H29N3O.HI/c1-19-18(21-17-11-5-6-12-17)20-13-7-8-14-22-15-16-9-3-2-4-10-16;/h2-4,9-10,17H,5-8,11-15H2,1H3,(H2,19,20,21);1H. The van der Waals surface area contributed by atoms with E-state index >= 15 is 0 Å². The first kappa shape index (κ1) is 20.2. The maximum absolute atomic E-state index is 5.69. The fourth-order valence-corrected chi connectivity index (χ4v) is 2.76. The molecule has 0 amide bonds. The minimum atomic E-state index is 0. The van der Waals surface area contributed by atoms with Crippen LogP contribution in [0.15, 0.2) is 35.3 Å². The predicted octanol–water partition coefficient (Wildman–Crippen LogP) is 3.71. The Balaban J connectivity index is 0.00000264. The molecule has 4 nitrogen and oxygen atoms in total. The Kier molecular flexibility index (Phi) is 11.1. The van der Waals surface area contributed by atoms with Crippen LogP contribution < -0.4 is 10.6 Å². The third-order valence-electron chi connectivity index (χ3n) is 4.04. The maximum Gasteiger partial charge on any atom is 0.191 e. The van der Waals surface area contributed by atoms with E-state index in [4.69, 9.17) is 4.74 Å². The molecule has 0 unspecified atom stereocenters. The molecule has 0 atom stereocenters. The summed E-state index contributed by atoms with van der Waals surface area (Å²) in [5, 5.41) is 6.89. The number of rotatable bonds is 8. The smallest absolute Gasteiger partial charge is 0.191 e.